The minimum absolute atomic E-state index is 0.149. The lowest BCUT2D eigenvalue weighted by atomic mass is 10.1. The summed E-state index contributed by atoms with van der Waals surface area (Å²) in [5.74, 6) is -0.628. The third-order valence-corrected chi connectivity index (χ3v) is 6.92. The number of benzene rings is 4. The van der Waals surface area contributed by atoms with Crippen molar-refractivity contribution in [3.8, 4) is 0 Å². The van der Waals surface area contributed by atoms with Crippen LogP contribution in [0.1, 0.15) is 6.92 Å². The van der Waals surface area contributed by atoms with Crippen molar-refractivity contribution in [1.82, 2.24) is 9.97 Å². The third-order valence-electron chi connectivity index (χ3n) is 4.96. The number of nitrogens with zero attached hydrogens (tertiary/aromatic N) is 2. The smallest absolute Gasteiger partial charge is 0.223 e. The second kappa shape index (κ2) is 8.34. The lowest BCUT2D eigenvalue weighted by molar-refractivity contribution is -0.114. The van der Waals surface area contributed by atoms with E-state index in [2.05, 4.69) is 15.3 Å². The zero-order valence-corrected chi connectivity index (χ0v) is 18.9. The number of aromatic nitrogens is 2. The number of anilines is 2. The van der Waals surface area contributed by atoms with E-state index in [1.165, 1.54) is 53.9 Å². The van der Waals surface area contributed by atoms with Gasteiger partial charge in [0.15, 0.2) is 10.3 Å². The maximum absolute atomic E-state index is 13.1. The Morgan fingerprint density at radius 3 is 1.94 bits per heavy atom. The number of carbonyl (C=O) groups excluding carboxylic acids is 1. The zero-order chi connectivity index (χ0) is 23.1. The van der Waals surface area contributed by atoms with Gasteiger partial charge in [-0.1, -0.05) is 34.8 Å². The minimum atomic E-state index is -0.256. The maximum atomic E-state index is 13.1. The second-order valence-corrected chi connectivity index (χ2v) is 9.34. The predicted octanol–water partition coefficient (Wildman–Crippen LogP) is 6.72. The molecule has 0 aliphatic rings. The van der Waals surface area contributed by atoms with E-state index in [1.54, 1.807) is 12.1 Å². The molecule has 2 aromatic heterocycles. The molecule has 5 nitrogen and oxygen atoms in total. The van der Waals surface area contributed by atoms with Crippen LogP contribution in [0.15, 0.2) is 60.7 Å². The van der Waals surface area contributed by atoms with Crippen LogP contribution in [-0.2, 0) is 4.79 Å². The highest BCUT2D eigenvalue weighted by molar-refractivity contribution is 7.23. The van der Waals surface area contributed by atoms with Gasteiger partial charge < -0.3 is 11.1 Å². The van der Waals surface area contributed by atoms with Crippen LogP contribution in [0.2, 0.25) is 0 Å². The van der Waals surface area contributed by atoms with Crippen LogP contribution in [0, 0.1) is 11.6 Å². The highest BCUT2D eigenvalue weighted by atomic mass is 32.1. The monoisotopic (exact) mass is 478 g/mol. The standard InChI is InChI=1S/C13H9FN2OS.C11H7FN2S/c1-7(17)15-13-16-11-5-2-8-6-9(14)3-4-10(8)12(11)18-13;12-7-2-3-8-6(5-7)1-4-9-10(8)15-11(13)14-9/h2-6H,1H3,(H,15,16,17);1-5H,(H2,13,14). The molecule has 33 heavy (non-hydrogen) atoms. The van der Waals surface area contributed by atoms with E-state index in [4.69, 9.17) is 5.73 Å². The molecule has 0 fully saturated rings. The average Bonchev–Trinajstić information content (AvgIpc) is 3.35. The first-order valence-corrected chi connectivity index (χ1v) is 11.5. The number of rotatable bonds is 1. The number of nitrogens with two attached hydrogens (primary N) is 1. The molecule has 4 aromatic carbocycles. The number of halogens is 2. The number of nitrogen functional groups attached to an aromatic ring is 1. The largest absolute Gasteiger partial charge is 0.375 e. The Kier molecular flexibility index (Phi) is 5.35. The van der Waals surface area contributed by atoms with Gasteiger partial charge in [-0.05, 0) is 59.3 Å². The molecular weight excluding hydrogens is 462 g/mol. The molecule has 0 aliphatic carbocycles. The van der Waals surface area contributed by atoms with Crippen LogP contribution in [0.3, 0.4) is 0 Å². The van der Waals surface area contributed by atoms with Crippen LogP contribution in [0.5, 0.6) is 0 Å². The van der Waals surface area contributed by atoms with Gasteiger partial charge in [0, 0.05) is 17.7 Å². The van der Waals surface area contributed by atoms with Crippen molar-refractivity contribution in [2.75, 3.05) is 11.1 Å². The summed E-state index contributed by atoms with van der Waals surface area (Å²) >= 11 is 2.83. The first kappa shape index (κ1) is 21.2. The molecule has 0 saturated heterocycles. The highest BCUT2D eigenvalue weighted by Gasteiger charge is 2.09. The summed E-state index contributed by atoms with van der Waals surface area (Å²) < 4.78 is 28.1. The maximum Gasteiger partial charge on any atom is 0.223 e. The van der Waals surface area contributed by atoms with E-state index in [1.807, 2.05) is 24.3 Å². The van der Waals surface area contributed by atoms with Gasteiger partial charge in [-0.15, -0.1) is 0 Å². The van der Waals surface area contributed by atoms with Crippen molar-refractivity contribution in [3.05, 3.63) is 72.3 Å². The summed E-state index contributed by atoms with van der Waals surface area (Å²) in [7, 11) is 0. The minimum Gasteiger partial charge on any atom is -0.375 e. The van der Waals surface area contributed by atoms with E-state index >= 15 is 0 Å². The molecule has 0 saturated carbocycles. The van der Waals surface area contributed by atoms with Crippen molar-refractivity contribution >= 4 is 80.8 Å². The first-order chi connectivity index (χ1) is 15.9. The van der Waals surface area contributed by atoms with E-state index in [0.29, 0.717) is 10.3 Å². The average molecular weight is 479 g/mol. The highest BCUT2D eigenvalue weighted by Crippen LogP contribution is 2.33. The lowest BCUT2D eigenvalue weighted by Gasteiger charge is -1.97. The molecule has 3 N–H and O–H groups in total. The molecule has 9 heteroatoms. The quantitative estimate of drug-likeness (QED) is 0.275. The molecular formula is C24H16F2N4OS2. The van der Waals surface area contributed by atoms with Gasteiger partial charge in [0.1, 0.15) is 11.6 Å². The Balaban J connectivity index is 0.000000140. The van der Waals surface area contributed by atoms with E-state index < -0.39 is 0 Å². The Labute approximate surface area is 194 Å². The number of carbonyl (C=O) groups is 1. The Morgan fingerprint density at radius 2 is 1.36 bits per heavy atom. The summed E-state index contributed by atoms with van der Waals surface area (Å²) in [5.41, 5.74) is 7.32. The summed E-state index contributed by atoms with van der Waals surface area (Å²) in [6.45, 7) is 1.44. The topological polar surface area (TPSA) is 80.9 Å². The number of thiazole rings is 2. The first-order valence-electron chi connectivity index (χ1n) is 9.88. The SMILES string of the molecule is CC(=O)Nc1nc2ccc3cc(F)ccc3c2s1.Nc1nc2ccc3cc(F)ccc3c2s1. The number of hydrogen-bond donors (Lipinski definition) is 2. The molecule has 0 bridgehead atoms. The second-order valence-electron chi connectivity index (χ2n) is 7.31. The molecule has 0 atom stereocenters. The molecule has 0 spiro atoms. The Morgan fingerprint density at radius 1 is 0.818 bits per heavy atom. The van der Waals surface area contributed by atoms with Crippen molar-refractivity contribution in [2.24, 2.45) is 0 Å². The number of amides is 1. The molecule has 1 amide bonds. The zero-order valence-electron chi connectivity index (χ0n) is 17.2. The normalized spacial score (nSPS) is 11.1. The van der Waals surface area contributed by atoms with Crippen molar-refractivity contribution < 1.29 is 13.6 Å². The summed E-state index contributed by atoms with van der Waals surface area (Å²) in [5, 5.41) is 7.44. The summed E-state index contributed by atoms with van der Waals surface area (Å²) in [6, 6.07) is 16.8. The van der Waals surface area contributed by atoms with E-state index in [-0.39, 0.29) is 17.5 Å². The molecule has 6 rings (SSSR count). The van der Waals surface area contributed by atoms with E-state index in [0.717, 1.165) is 42.0 Å². The van der Waals surface area contributed by atoms with Crippen LogP contribution in [0.25, 0.3) is 42.0 Å². The number of nitrogens with one attached hydrogen (secondary N) is 1. The predicted molar refractivity (Wildman–Crippen MR) is 133 cm³/mol. The Hall–Kier alpha value is -3.69. The molecule has 2 heterocycles. The summed E-state index contributed by atoms with van der Waals surface area (Å²) in [4.78, 5) is 19.5. The van der Waals surface area contributed by atoms with Crippen molar-refractivity contribution in [3.63, 3.8) is 0 Å². The number of hydrogen-bond acceptors (Lipinski definition) is 6. The molecule has 0 aliphatic heterocycles. The van der Waals surface area contributed by atoms with Gasteiger partial charge in [-0.3, -0.25) is 4.79 Å². The fourth-order valence-corrected chi connectivity index (χ4v) is 5.50. The molecule has 6 aromatic rings. The van der Waals surface area contributed by atoms with E-state index in [9.17, 15) is 13.6 Å². The van der Waals surface area contributed by atoms with Gasteiger partial charge in [-0.25, -0.2) is 18.7 Å². The molecule has 0 unspecified atom stereocenters. The third kappa shape index (κ3) is 4.20. The van der Waals surface area contributed by atoms with Crippen molar-refractivity contribution in [2.45, 2.75) is 6.92 Å². The van der Waals surface area contributed by atoms with Gasteiger partial charge in [0.05, 0.1) is 20.4 Å². The van der Waals surface area contributed by atoms with Crippen LogP contribution in [-0.4, -0.2) is 15.9 Å². The van der Waals surface area contributed by atoms with Gasteiger partial charge >= 0.3 is 0 Å². The van der Waals surface area contributed by atoms with Crippen molar-refractivity contribution in [1.29, 1.82) is 0 Å². The lowest BCUT2D eigenvalue weighted by Crippen LogP contribution is -2.04. The summed E-state index contributed by atoms with van der Waals surface area (Å²) in [6.07, 6.45) is 0. The van der Waals surface area contributed by atoms with Gasteiger partial charge in [0.25, 0.3) is 0 Å². The van der Waals surface area contributed by atoms with Gasteiger partial charge in [-0.2, -0.15) is 0 Å². The fraction of sp³-hybridized carbons (Fsp3) is 0.0417. The van der Waals surface area contributed by atoms with Crippen LogP contribution < -0.4 is 11.1 Å². The number of fused-ring (bicyclic) bond motifs is 6. The van der Waals surface area contributed by atoms with Gasteiger partial charge in [0.2, 0.25) is 5.91 Å². The fourth-order valence-electron chi connectivity index (χ4n) is 3.59. The molecule has 164 valence electrons. The van der Waals surface area contributed by atoms with Crippen LogP contribution >= 0.6 is 22.7 Å². The molecule has 0 radical (unpaired) electrons. The Bertz CT molecular complexity index is 1680. The van der Waals surface area contributed by atoms with Crippen LogP contribution in [0.4, 0.5) is 19.0 Å².